The molecule has 32 heavy (non-hydrogen) atoms. The van der Waals surface area contributed by atoms with Crippen LogP contribution in [-0.2, 0) is 0 Å². The van der Waals surface area contributed by atoms with Crippen LogP contribution in [0.2, 0.25) is 0 Å². The third-order valence-corrected chi connectivity index (χ3v) is 6.02. The van der Waals surface area contributed by atoms with Crippen LogP contribution in [0.15, 0.2) is 45.6 Å². The Balaban J connectivity index is 1.90. The van der Waals surface area contributed by atoms with E-state index in [1.165, 1.54) is 0 Å². The fraction of sp³-hybridized carbons (Fsp3) is 0.385. The Morgan fingerprint density at radius 1 is 1.09 bits per heavy atom. The van der Waals surface area contributed by atoms with Crippen molar-refractivity contribution < 1.29 is 13.9 Å². The van der Waals surface area contributed by atoms with Gasteiger partial charge in [-0.25, -0.2) is 0 Å². The first kappa shape index (κ1) is 22.1. The average molecular weight is 435 g/mol. The Hall–Kier alpha value is -3.12. The number of nitrogens with zero attached hydrogens (tertiary/aromatic N) is 2. The lowest BCUT2D eigenvalue weighted by molar-refractivity contribution is 0.0716. The van der Waals surface area contributed by atoms with Gasteiger partial charge in [0.25, 0.3) is 5.91 Å². The second kappa shape index (κ2) is 8.79. The third kappa shape index (κ3) is 3.91. The van der Waals surface area contributed by atoms with E-state index in [1.54, 1.807) is 4.90 Å². The molecule has 0 bridgehead atoms. The van der Waals surface area contributed by atoms with Crippen LogP contribution in [0.25, 0.3) is 11.0 Å². The van der Waals surface area contributed by atoms with E-state index in [2.05, 4.69) is 6.92 Å². The highest BCUT2D eigenvalue weighted by molar-refractivity contribution is 5.99. The summed E-state index contributed by atoms with van der Waals surface area (Å²) in [5.41, 5.74) is 3.61. The molecule has 168 valence electrons. The number of hydrogen-bond acceptors (Lipinski definition) is 5. The molecule has 0 fully saturated rings. The normalized spacial score (nSPS) is 15.6. The number of carbonyl (C=O) groups excluding carboxylic acids is 1. The van der Waals surface area contributed by atoms with Crippen molar-refractivity contribution in [1.29, 1.82) is 0 Å². The quantitative estimate of drug-likeness (QED) is 0.555. The minimum Gasteiger partial charge on any atom is -0.494 e. The molecule has 0 spiro atoms. The van der Waals surface area contributed by atoms with E-state index in [9.17, 15) is 9.59 Å². The lowest BCUT2D eigenvalue weighted by Crippen LogP contribution is -2.35. The van der Waals surface area contributed by atoms with Gasteiger partial charge < -0.3 is 19.0 Å². The molecule has 1 atom stereocenters. The Morgan fingerprint density at radius 3 is 2.56 bits per heavy atom. The fourth-order valence-electron chi connectivity index (χ4n) is 4.15. The Bertz CT molecular complexity index is 1230. The summed E-state index contributed by atoms with van der Waals surface area (Å²) >= 11 is 0. The molecule has 0 radical (unpaired) electrons. The van der Waals surface area contributed by atoms with Crippen molar-refractivity contribution in [1.82, 2.24) is 9.80 Å². The van der Waals surface area contributed by atoms with Crippen molar-refractivity contribution in [3.8, 4) is 5.75 Å². The van der Waals surface area contributed by atoms with Crippen molar-refractivity contribution in [2.45, 2.75) is 33.2 Å². The number of amides is 1. The maximum absolute atomic E-state index is 13.7. The van der Waals surface area contributed by atoms with Gasteiger partial charge in [-0.1, -0.05) is 19.1 Å². The zero-order chi connectivity index (χ0) is 23.0. The van der Waals surface area contributed by atoms with E-state index in [0.29, 0.717) is 36.2 Å². The van der Waals surface area contributed by atoms with Crippen LogP contribution in [0.4, 0.5) is 0 Å². The van der Waals surface area contributed by atoms with Crippen molar-refractivity contribution in [2.75, 3.05) is 33.8 Å². The fourth-order valence-corrected chi connectivity index (χ4v) is 4.15. The lowest BCUT2D eigenvalue weighted by Gasteiger charge is -2.26. The van der Waals surface area contributed by atoms with Gasteiger partial charge in [-0.3, -0.25) is 9.59 Å². The number of ether oxygens (including phenoxy) is 1. The van der Waals surface area contributed by atoms with Gasteiger partial charge in [0.15, 0.2) is 5.43 Å². The predicted molar refractivity (Wildman–Crippen MR) is 126 cm³/mol. The van der Waals surface area contributed by atoms with Gasteiger partial charge in [0.1, 0.15) is 11.3 Å². The van der Waals surface area contributed by atoms with E-state index < -0.39 is 6.04 Å². The first-order chi connectivity index (χ1) is 15.3. The van der Waals surface area contributed by atoms with Gasteiger partial charge in [-0.15, -0.1) is 0 Å². The van der Waals surface area contributed by atoms with Gasteiger partial charge in [0, 0.05) is 13.1 Å². The number of hydrogen-bond donors (Lipinski definition) is 0. The predicted octanol–water partition coefficient (Wildman–Crippen LogP) is 4.31. The summed E-state index contributed by atoms with van der Waals surface area (Å²) in [7, 11) is 3.93. The topological polar surface area (TPSA) is 63.0 Å². The Labute approximate surface area is 188 Å². The molecule has 6 heteroatoms. The first-order valence-corrected chi connectivity index (χ1v) is 11.1. The van der Waals surface area contributed by atoms with Crippen LogP contribution in [0.1, 0.15) is 52.2 Å². The number of fused-ring (bicyclic) bond motifs is 2. The van der Waals surface area contributed by atoms with Crippen molar-refractivity contribution in [3.05, 3.63) is 74.6 Å². The second-order valence-electron chi connectivity index (χ2n) is 8.73. The van der Waals surface area contributed by atoms with Crippen molar-refractivity contribution in [3.63, 3.8) is 0 Å². The molecule has 1 unspecified atom stereocenters. The smallest absolute Gasteiger partial charge is 0.290 e. The highest BCUT2D eigenvalue weighted by Crippen LogP contribution is 2.39. The molecular weight excluding hydrogens is 404 g/mol. The van der Waals surface area contributed by atoms with E-state index in [-0.39, 0.29) is 17.1 Å². The summed E-state index contributed by atoms with van der Waals surface area (Å²) in [4.78, 5) is 30.9. The zero-order valence-electron chi connectivity index (χ0n) is 19.4. The van der Waals surface area contributed by atoms with Gasteiger partial charge in [0.2, 0.25) is 5.76 Å². The van der Waals surface area contributed by atoms with Gasteiger partial charge >= 0.3 is 0 Å². The molecule has 1 amide bonds. The monoisotopic (exact) mass is 434 g/mol. The molecule has 2 heterocycles. The minimum absolute atomic E-state index is 0.144. The number of aryl methyl sites for hydroxylation is 2. The molecule has 1 aliphatic heterocycles. The Kier molecular flexibility index (Phi) is 6.07. The van der Waals surface area contributed by atoms with Crippen LogP contribution in [0, 0.1) is 13.8 Å². The number of rotatable bonds is 7. The van der Waals surface area contributed by atoms with Crippen LogP contribution in [0.5, 0.6) is 5.75 Å². The number of benzene rings is 2. The average Bonchev–Trinajstić information content (AvgIpc) is 3.04. The van der Waals surface area contributed by atoms with E-state index in [0.717, 1.165) is 28.9 Å². The summed E-state index contributed by atoms with van der Waals surface area (Å²) in [6.07, 6.45) is 0.901. The van der Waals surface area contributed by atoms with E-state index >= 15 is 0 Å². The summed E-state index contributed by atoms with van der Waals surface area (Å²) in [6.45, 7) is 7.76. The Morgan fingerprint density at radius 2 is 1.84 bits per heavy atom. The summed E-state index contributed by atoms with van der Waals surface area (Å²) in [6, 6.07) is 10.9. The maximum atomic E-state index is 13.7. The van der Waals surface area contributed by atoms with Crippen LogP contribution < -0.4 is 10.2 Å². The third-order valence-electron chi connectivity index (χ3n) is 6.02. The highest BCUT2D eigenvalue weighted by atomic mass is 16.5. The van der Waals surface area contributed by atoms with Crippen molar-refractivity contribution in [2.24, 2.45) is 0 Å². The first-order valence-electron chi connectivity index (χ1n) is 11.1. The van der Waals surface area contributed by atoms with E-state index in [4.69, 9.17) is 9.15 Å². The van der Waals surface area contributed by atoms with Gasteiger partial charge in [-0.2, -0.15) is 0 Å². The molecule has 2 aromatic carbocycles. The lowest BCUT2D eigenvalue weighted by atomic mass is 9.97. The minimum atomic E-state index is -0.509. The van der Waals surface area contributed by atoms with Gasteiger partial charge in [-0.05, 0) is 75.3 Å². The van der Waals surface area contributed by atoms with E-state index in [1.807, 2.05) is 69.2 Å². The number of likely N-dealkylation sites (N-methyl/N-ethyl adjacent to an activating group) is 1. The molecule has 1 aliphatic rings. The van der Waals surface area contributed by atoms with Crippen LogP contribution >= 0.6 is 0 Å². The summed E-state index contributed by atoms with van der Waals surface area (Å²) < 4.78 is 11.9. The van der Waals surface area contributed by atoms with Gasteiger partial charge in [0.05, 0.1) is 23.6 Å². The van der Waals surface area contributed by atoms with Crippen molar-refractivity contribution >= 4 is 16.9 Å². The molecular formula is C26H30N2O4. The number of carbonyl (C=O) groups is 1. The molecule has 4 rings (SSSR count). The largest absolute Gasteiger partial charge is 0.494 e. The van der Waals surface area contributed by atoms with Crippen LogP contribution in [0.3, 0.4) is 0 Å². The molecule has 0 saturated heterocycles. The summed E-state index contributed by atoms with van der Waals surface area (Å²) in [5, 5.41) is 0.512. The zero-order valence-corrected chi connectivity index (χ0v) is 19.4. The molecule has 6 nitrogen and oxygen atoms in total. The second-order valence-corrected chi connectivity index (χ2v) is 8.73. The SMILES string of the molecule is CCCOc1cccc(C2c3c(oc4cc(C)c(C)cc4c3=O)C(=O)N2CCN(C)C)c1. The standard InChI is InChI=1S/C26H30N2O4/c1-6-12-31-19-9-7-8-18(15-19)23-22-24(29)20-13-16(2)17(3)14-21(20)32-25(22)26(30)28(23)11-10-27(4)5/h7-9,13-15,23H,6,10-12H2,1-5H3. The molecule has 3 aromatic rings. The molecule has 0 N–H and O–H groups in total. The van der Waals surface area contributed by atoms with Crippen LogP contribution in [-0.4, -0.2) is 49.5 Å². The summed E-state index contributed by atoms with van der Waals surface area (Å²) in [5.74, 6) is 0.632. The molecule has 0 aliphatic carbocycles. The highest BCUT2D eigenvalue weighted by Gasteiger charge is 2.42. The maximum Gasteiger partial charge on any atom is 0.290 e. The molecule has 0 saturated carbocycles. The molecule has 1 aromatic heterocycles.